The molecule has 2 rings (SSSR count). The zero-order valence-corrected chi connectivity index (χ0v) is 20.0. The van der Waals surface area contributed by atoms with Crippen LogP contribution >= 0.6 is 0 Å². The quantitative estimate of drug-likeness (QED) is 0.236. The van der Waals surface area contributed by atoms with Crippen LogP contribution in [0, 0.1) is 10.8 Å². The van der Waals surface area contributed by atoms with E-state index in [0.29, 0.717) is 52.9 Å². The maximum absolute atomic E-state index is 5.80. The van der Waals surface area contributed by atoms with Gasteiger partial charge in [0, 0.05) is 10.8 Å². The van der Waals surface area contributed by atoms with Crippen LogP contribution in [0.25, 0.3) is 0 Å². The minimum atomic E-state index is 0.256. The van der Waals surface area contributed by atoms with Gasteiger partial charge in [-0.3, -0.25) is 0 Å². The first-order valence-electron chi connectivity index (χ1n) is 12.3. The van der Waals surface area contributed by atoms with E-state index >= 15 is 0 Å². The summed E-state index contributed by atoms with van der Waals surface area (Å²) in [7, 11) is 0. The molecule has 0 aliphatic carbocycles. The van der Waals surface area contributed by atoms with Gasteiger partial charge in [0.15, 0.2) is 0 Å². The van der Waals surface area contributed by atoms with Crippen molar-refractivity contribution < 1.29 is 33.2 Å². The van der Waals surface area contributed by atoms with Gasteiger partial charge in [-0.2, -0.15) is 0 Å². The molecule has 184 valence electrons. The van der Waals surface area contributed by atoms with Crippen molar-refractivity contribution in [3.8, 4) is 0 Å². The molecule has 7 nitrogen and oxygen atoms in total. The molecule has 31 heavy (non-hydrogen) atoms. The van der Waals surface area contributed by atoms with E-state index in [9.17, 15) is 0 Å². The highest BCUT2D eigenvalue weighted by Gasteiger charge is 2.38. The largest absolute Gasteiger partial charge is 0.380 e. The standard InChI is InChI=1S/C24H46O7/c1-3-5-7-23(19-30-20-23)17-28-15-13-26-11-9-25-10-12-27-14-16-29-18-24(8-6-4-2)21-31-22-24/h3-22H2,1-2H3. The third-order valence-corrected chi connectivity index (χ3v) is 6.06. The van der Waals surface area contributed by atoms with Crippen LogP contribution < -0.4 is 0 Å². The van der Waals surface area contributed by atoms with E-state index in [1.165, 1.54) is 38.5 Å². The van der Waals surface area contributed by atoms with Crippen molar-refractivity contribution in [2.45, 2.75) is 52.4 Å². The smallest absolute Gasteiger partial charge is 0.0701 e. The maximum Gasteiger partial charge on any atom is 0.0701 e. The van der Waals surface area contributed by atoms with Crippen LogP contribution in [0.2, 0.25) is 0 Å². The summed E-state index contributed by atoms with van der Waals surface area (Å²) in [6.07, 6.45) is 7.32. The Hall–Kier alpha value is -0.280. The van der Waals surface area contributed by atoms with E-state index in [2.05, 4.69) is 13.8 Å². The van der Waals surface area contributed by atoms with Crippen LogP contribution in [0.3, 0.4) is 0 Å². The van der Waals surface area contributed by atoms with Crippen molar-refractivity contribution in [3.05, 3.63) is 0 Å². The highest BCUT2D eigenvalue weighted by molar-refractivity contribution is 4.86. The molecule has 2 aliphatic rings. The summed E-state index contributed by atoms with van der Waals surface area (Å²) in [6, 6.07) is 0. The van der Waals surface area contributed by atoms with Crippen LogP contribution in [-0.2, 0) is 33.2 Å². The molecule has 0 amide bonds. The monoisotopic (exact) mass is 446 g/mol. The Morgan fingerprint density at radius 2 is 0.839 bits per heavy atom. The minimum Gasteiger partial charge on any atom is -0.380 e. The molecule has 0 aromatic rings. The highest BCUT2D eigenvalue weighted by atomic mass is 16.6. The Labute approximate surface area is 189 Å². The van der Waals surface area contributed by atoms with Crippen LogP contribution in [0.5, 0.6) is 0 Å². The third-order valence-electron chi connectivity index (χ3n) is 6.06. The summed E-state index contributed by atoms with van der Waals surface area (Å²) in [4.78, 5) is 0. The van der Waals surface area contributed by atoms with Crippen molar-refractivity contribution in [1.29, 1.82) is 0 Å². The van der Waals surface area contributed by atoms with E-state index in [-0.39, 0.29) is 10.8 Å². The number of rotatable bonds is 22. The summed E-state index contributed by atoms with van der Waals surface area (Å²) in [6.45, 7) is 14.1. The van der Waals surface area contributed by atoms with Gasteiger partial charge < -0.3 is 33.2 Å². The molecule has 2 heterocycles. The van der Waals surface area contributed by atoms with Gasteiger partial charge in [-0.05, 0) is 12.8 Å². The van der Waals surface area contributed by atoms with Gasteiger partial charge >= 0.3 is 0 Å². The number of unbranched alkanes of at least 4 members (excludes halogenated alkanes) is 2. The second kappa shape index (κ2) is 16.4. The molecule has 0 N–H and O–H groups in total. The first kappa shape index (κ1) is 27.0. The molecule has 0 aromatic carbocycles. The zero-order chi connectivity index (χ0) is 22.1. The van der Waals surface area contributed by atoms with Crippen LogP contribution in [0.15, 0.2) is 0 Å². The van der Waals surface area contributed by atoms with Crippen molar-refractivity contribution in [2.24, 2.45) is 10.8 Å². The molecular formula is C24H46O7. The molecule has 0 unspecified atom stereocenters. The highest BCUT2D eigenvalue weighted by Crippen LogP contribution is 2.34. The summed E-state index contributed by atoms with van der Waals surface area (Å²) in [5, 5.41) is 0. The fourth-order valence-electron chi connectivity index (χ4n) is 3.84. The van der Waals surface area contributed by atoms with Gasteiger partial charge in [-0.25, -0.2) is 0 Å². The zero-order valence-electron chi connectivity index (χ0n) is 20.0. The summed E-state index contributed by atoms with van der Waals surface area (Å²) in [5.74, 6) is 0. The molecule has 0 saturated carbocycles. The molecule has 0 spiro atoms. The van der Waals surface area contributed by atoms with Crippen LogP contribution in [0.1, 0.15) is 52.4 Å². The van der Waals surface area contributed by atoms with Crippen molar-refractivity contribution in [3.63, 3.8) is 0 Å². The fourth-order valence-corrected chi connectivity index (χ4v) is 3.84. The molecule has 0 atom stereocenters. The Morgan fingerprint density at radius 3 is 1.10 bits per heavy atom. The van der Waals surface area contributed by atoms with E-state index in [0.717, 1.165) is 39.6 Å². The second-order valence-corrected chi connectivity index (χ2v) is 9.13. The molecule has 7 heteroatoms. The predicted molar refractivity (Wildman–Crippen MR) is 120 cm³/mol. The van der Waals surface area contributed by atoms with Crippen molar-refractivity contribution in [1.82, 2.24) is 0 Å². The number of ether oxygens (including phenoxy) is 7. The normalized spacial score (nSPS) is 19.2. The SMILES string of the molecule is CCCCC1(COCCOCCOCCOCCOCC2(CCCC)COC2)COC1. The Kier molecular flexibility index (Phi) is 14.2. The van der Waals surface area contributed by atoms with Gasteiger partial charge in [0.2, 0.25) is 0 Å². The van der Waals surface area contributed by atoms with Crippen LogP contribution in [-0.4, -0.2) is 92.5 Å². The minimum absolute atomic E-state index is 0.256. The van der Waals surface area contributed by atoms with Gasteiger partial charge in [0.05, 0.1) is 92.5 Å². The molecule has 2 aliphatic heterocycles. The second-order valence-electron chi connectivity index (χ2n) is 9.13. The topological polar surface area (TPSA) is 64.6 Å². The van der Waals surface area contributed by atoms with Crippen molar-refractivity contribution >= 4 is 0 Å². The lowest BCUT2D eigenvalue weighted by Gasteiger charge is -2.41. The first-order valence-corrected chi connectivity index (χ1v) is 12.3. The molecule has 2 saturated heterocycles. The van der Waals surface area contributed by atoms with Gasteiger partial charge in [-0.1, -0.05) is 39.5 Å². The Morgan fingerprint density at radius 1 is 0.516 bits per heavy atom. The van der Waals surface area contributed by atoms with Crippen LogP contribution in [0.4, 0.5) is 0 Å². The van der Waals surface area contributed by atoms with E-state index in [1.54, 1.807) is 0 Å². The first-order chi connectivity index (χ1) is 15.2. The lowest BCUT2D eigenvalue weighted by Crippen LogP contribution is -2.46. The average Bonchev–Trinajstić information content (AvgIpc) is 2.72. The predicted octanol–water partition coefficient (Wildman–Crippen LogP) is 3.48. The fraction of sp³-hybridized carbons (Fsp3) is 1.00. The van der Waals surface area contributed by atoms with Crippen molar-refractivity contribution in [2.75, 3.05) is 92.5 Å². The van der Waals surface area contributed by atoms with E-state index in [4.69, 9.17) is 33.2 Å². The Balaban J connectivity index is 1.28. The Bertz CT molecular complexity index is 386. The maximum atomic E-state index is 5.80. The molecule has 0 bridgehead atoms. The lowest BCUT2D eigenvalue weighted by atomic mass is 9.82. The van der Waals surface area contributed by atoms with Gasteiger partial charge in [0.1, 0.15) is 0 Å². The van der Waals surface area contributed by atoms with E-state index < -0.39 is 0 Å². The molecule has 0 aromatic heterocycles. The average molecular weight is 447 g/mol. The van der Waals surface area contributed by atoms with E-state index in [1.807, 2.05) is 0 Å². The van der Waals surface area contributed by atoms with Gasteiger partial charge in [0.25, 0.3) is 0 Å². The number of hydrogen-bond donors (Lipinski definition) is 0. The summed E-state index contributed by atoms with van der Waals surface area (Å²) >= 11 is 0. The number of hydrogen-bond acceptors (Lipinski definition) is 7. The summed E-state index contributed by atoms with van der Waals surface area (Å²) < 4.78 is 39.0. The summed E-state index contributed by atoms with van der Waals surface area (Å²) in [5.41, 5.74) is 0.512. The lowest BCUT2D eigenvalue weighted by molar-refractivity contribution is -0.156. The van der Waals surface area contributed by atoms with Gasteiger partial charge in [-0.15, -0.1) is 0 Å². The molecule has 0 radical (unpaired) electrons. The third kappa shape index (κ3) is 10.9. The molecule has 2 fully saturated rings. The molecular weight excluding hydrogens is 400 g/mol.